The zero-order chi connectivity index (χ0) is 30.9. The maximum absolute atomic E-state index is 13.7. The number of alkyl halides is 2. The van der Waals surface area contributed by atoms with Crippen molar-refractivity contribution in [2.45, 2.75) is 56.1 Å². The van der Waals surface area contributed by atoms with Crippen LogP contribution in [0, 0.1) is 19.8 Å². The molecule has 5 rings (SSSR count). The highest BCUT2D eigenvalue weighted by atomic mass is 35.5. The lowest BCUT2D eigenvalue weighted by Crippen LogP contribution is -2.41. The summed E-state index contributed by atoms with van der Waals surface area (Å²) in [5, 5.41) is 3.08. The third kappa shape index (κ3) is 7.19. The van der Waals surface area contributed by atoms with Crippen LogP contribution < -0.4 is 14.5 Å². The number of pyridine rings is 1. The molecule has 1 aliphatic heterocycles. The van der Waals surface area contributed by atoms with E-state index in [0.717, 1.165) is 28.9 Å². The number of aromatic nitrogens is 2. The second-order valence-corrected chi connectivity index (χ2v) is 13.9. The normalized spacial score (nSPS) is 18.2. The number of nitrogens with one attached hydrogen (secondary N) is 1. The number of sulfonamides is 1. The summed E-state index contributed by atoms with van der Waals surface area (Å²) in [5.74, 6) is -0.168. The molecule has 1 aromatic carbocycles. The molecule has 2 atom stereocenters. The summed E-state index contributed by atoms with van der Waals surface area (Å²) >= 11 is 13.9. The standard InChI is InChI=1S/C27H27Cl2F2N3O7S2/c1-14-24(15(2)41-33-14)43(36,37)34-7-8-42-25(34)26(35)39-22(10-18-19(28)11-32-12-20(18)29)17-5-6-21(40-27(30)31)23(9-17)38-13-16-3-4-16/h5-6,9,11-12,16,22,25,27H,3-4,7-8,10,13H2,1-2H3/p+1/t22-,25?/m0/s1. The number of esters is 1. The quantitative estimate of drug-likeness (QED) is 0.232. The van der Waals surface area contributed by atoms with E-state index in [1.807, 2.05) is 0 Å². The van der Waals surface area contributed by atoms with Crippen LogP contribution in [0.4, 0.5) is 8.78 Å². The van der Waals surface area contributed by atoms with Gasteiger partial charge in [0.25, 0.3) is 0 Å². The van der Waals surface area contributed by atoms with E-state index in [9.17, 15) is 22.0 Å². The van der Waals surface area contributed by atoms with Crippen LogP contribution in [0.3, 0.4) is 0 Å². The fourth-order valence-corrected chi connectivity index (χ4v) is 8.53. The van der Waals surface area contributed by atoms with Crippen molar-refractivity contribution in [3.05, 3.63) is 63.2 Å². The summed E-state index contributed by atoms with van der Waals surface area (Å²) < 4.78 is 76.0. The Morgan fingerprint density at radius 1 is 1.21 bits per heavy atom. The topological polar surface area (TPSA) is 122 Å². The van der Waals surface area contributed by atoms with Crippen LogP contribution in [-0.2, 0) is 26.0 Å². The first-order chi connectivity index (χ1) is 20.5. The van der Waals surface area contributed by atoms with Crippen molar-refractivity contribution in [1.29, 1.82) is 0 Å². The number of thioether (sulfide) groups is 1. The van der Waals surface area contributed by atoms with Crippen molar-refractivity contribution in [3.63, 3.8) is 0 Å². The summed E-state index contributed by atoms with van der Waals surface area (Å²) in [7, 11) is -4.16. The van der Waals surface area contributed by atoms with Crippen LogP contribution in [0.5, 0.6) is 11.5 Å². The molecule has 0 spiro atoms. The van der Waals surface area contributed by atoms with Gasteiger partial charge in [0, 0.05) is 24.3 Å². The minimum absolute atomic E-state index is 0.0107. The fourth-order valence-electron chi connectivity index (χ4n) is 4.65. The molecule has 1 aliphatic carbocycles. The maximum Gasteiger partial charge on any atom is 0.387 e. The fraction of sp³-hybridized carbons (Fsp3) is 0.444. The number of ether oxygens (including phenoxy) is 3. The molecule has 1 unspecified atom stereocenters. The highest BCUT2D eigenvalue weighted by molar-refractivity contribution is 8.02. The smallest absolute Gasteiger partial charge is 0.387 e. The molecule has 16 heteroatoms. The predicted octanol–water partition coefficient (Wildman–Crippen LogP) is 5.39. The molecule has 43 heavy (non-hydrogen) atoms. The average Bonchev–Trinajstić information content (AvgIpc) is 3.51. The Kier molecular flexibility index (Phi) is 9.71. The molecule has 3 heterocycles. The van der Waals surface area contributed by atoms with Gasteiger partial charge in [-0.2, -0.15) is 13.1 Å². The number of H-pyrrole nitrogens is 1. The van der Waals surface area contributed by atoms with E-state index >= 15 is 0 Å². The number of benzene rings is 1. The second-order valence-electron chi connectivity index (χ2n) is 10.1. The Labute approximate surface area is 261 Å². The first-order valence-electron chi connectivity index (χ1n) is 13.3. The van der Waals surface area contributed by atoms with Crippen molar-refractivity contribution in [1.82, 2.24) is 9.46 Å². The van der Waals surface area contributed by atoms with Gasteiger partial charge in [0.2, 0.25) is 10.0 Å². The Morgan fingerprint density at radius 2 is 1.93 bits per heavy atom. The van der Waals surface area contributed by atoms with Gasteiger partial charge < -0.3 is 18.7 Å². The Bertz CT molecular complexity index is 1570. The molecule has 10 nitrogen and oxygen atoms in total. The maximum atomic E-state index is 13.7. The minimum Gasteiger partial charge on any atom is -0.489 e. The van der Waals surface area contributed by atoms with Crippen LogP contribution in [0.25, 0.3) is 0 Å². The summed E-state index contributed by atoms with van der Waals surface area (Å²) in [6, 6.07) is 4.25. The molecule has 1 N–H and O–H groups in total. The van der Waals surface area contributed by atoms with E-state index in [4.69, 9.17) is 37.2 Å². The lowest BCUT2D eigenvalue weighted by Gasteiger charge is -2.25. The monoisotopic (exact) mass is 678 g/mol. The minimum atomic E-state index is -4.16. The number of carbonyl (C=O) groups excluding carboxylic acids is 1. The number of rotatable bonds is 12. The number of halogens is 4. The second kappa shape index (κ2) is 13.1. The molecule has 0 bridgehead atoms. The first kappa shape index (κ1) is 31.8. The average molecular weight is 680 g/mol. The van der Waals surface area contributed by atoms with Crippen LogP contribution in [0.15, 0.2) is 40.0 Å². The van der Waals surface area contributed by atoms with Crippen LogP contribution >= 0.6 is 35.0 Å². The largest absolute Gasteiger partial charge is 0.489 e. The van der Waals surface area contributed by atoms with Gasteiger partial charge in [-0.05, 0) is 50.3 Å². The number of aryl methyl sites for hydroxylation is 2. The number of carbonyl (C=O) groups is 1. The van der Waals surface area contributed by atoms with Gasteiger partial charge in [0.1, 0.15) is 26.7 Å². The number of hydrogen-bond acceptors (Lipinski definition) is 9. The molecule has 0 amide bonds. The lowest BCUT2D eigenvalue weighted by atomic mass is 10.0. The van der Waals surface area contributed by atoms with E-state index in [1.54, 1.807) is 0 Å². The Balaban J connectivity index is 1.47. The van der Waals surface area contributed by atoms with Crippen molar-refractivity contribution in [3.8, 4) is 11.5 Å². The zero-order valence-corrected chi connectivity index (χ0v) is 26.2. The van der Waals surface area contributed by atoms with E-state index < -0.39 is 34.1 Å². The molecule has 1 saturated heterocycles. The summed E-state index contributed by atoms with van der Waals surface area (Å²) in [5.41, 5.74) is 1.01. The molecule has 232 valence electrons. The van der Waals surface area contributed by atoms with Crippen molar-refractivity contribution < 1.29 is 45.7 Å². The van der Waals surface area contributed by atoms with Crippen LogP contribution in [-0.4, -0.2) is 54.7 Å². The van der Waals surface area contributed by atoms with Gasteiger partial charge in [0.05, 0.1) is 6.61 Å². The summed E-state index contributed by atoms with van der Waals surface area (Å²) in [6.45, 7) is 0.282. The summed E-state index contributed by atoms with van der Waals surface area (Å²) in [6.07, 6.45) is 3.90. The van der Waals surface area contributed by atoms with Gasteiger partial charge in [-0.1, -0.05) is 34.4 Å². The van der Waals surface area contributed by atoms with Crippen LogP contribution in [0.1, 0.15) is 41.5 Å². The Hall–Kier alpha value is -2.65. The first-order valence-corrected chi connectivity index (χ1v) is 16.5. The van der Waals surface area contributed by atoms with Gasteiger partial charge in [0.15, 0.2) is 35.0 Å². The van der Waals surface area contributed by atoms with E-state index in [2.05, 4.69) is 14.9 Å². The molecule has 2 fully saturated rings. The van der Waals surface area contributed by atoms with Gasteiger partial charge in [-0.3, -0.25) is 0 Å². The van der Waals surface area contributed by atoms with Crippen molar-refractivity contribution in [2.24, 2.45) is 5.92 Å². The molecule has 2 aliphatic rings. The lowest BCUT2D eigenvalue weighted by molar-refractivity contribution is -0.377. The molecule has 1 saturated carbocycles. The van der Waals surface area contributed by atoms with E-state index in [1.165, 1.54) is 44.4 Å². The third-order valence-electron chi connectivity index (χ3n) is 6.96. The third-order valence-corrected chi connectivity index (χ3v) is 11.1. The SMILES string of the molecule is Cc1noc(C)c1S(=O)(=O)N1CCSC1C(=O)O[C@@H](Cc1c(Cl)c[nH+]cc1Cl)c1ccc(OC(F)F)c(OCC2CC2)c1. The van der Waals surface area contributed by atoms with E-state index in [0.29, 0.717) is 29.4 Å². The van der Waals surface area contributed by atoms with Crippen molar-refractivity contribution >= 4 is 51.0 Å². The molecule has 2 aromatic heterocycles. The molecular formula is C27H28Cl2F2N3O7S2+. The van der Waals surface area contributed by atoms with Gasteiger partial charge in [-0.25, -0.2) is 18.2 Å². The van der Waals surface area contributed by atoms with Crippen molar-refractivity contribution in [2.75, 3.05) is 18.9 Å². The number of aromatic amines is 1. The number of hydrogen-bond donors (Lipinski definition) is 0. The Morgan fingerprint density at radius 3 is 2.56 bits per heavy atom. The summed E-state index contributed by atoms with van der Waals surface area (Å²) in [4.78, 5) is 16.4. The molecular weight excluding hydrogens is 651 g/mol. The highest BCUT2D eigenvalue weighted by Crippen LogP contribution is 2.39. The molecule has 3 aromatic rings. The molecule has 0 radical (unpaired) electrons. The van der Waals surface area contributed by atoms with Gasteiger partial charge >= 0.3 is 12.6 Å². The zero-order valence-electron chi connectivity index (χ0n) is 23.0. The predicted molar refractivity (Wildman–Crippen MR) is 153 cm³/mol. The van der Waals surface area contributed by atoms with Gasteiger partial charge in [-0.15, -0.1) is 11.8 Å². The highest BCUT2D eigenvalue weighted by Gasteiger charge is 2.44. The number of nitrogens with zero attached hydrogens (tertiary/aromatic N) is 2. The van der Waals surface area contributed by atoms with Crippen LogP contribution in [0.2, 0.25) is 10.0 Å². The van der Waals surface area contributed by atoms with E-state index in [-0.39, 0.29) is 50.9 Å².